The highest BCUT2D eigenvalue weighted by atomic mass is 35.5. The van der Waals surface area contributed by atoms with Crippen molar-refractivity contribution in [2.24, 2.45) is 0 Å². The van der Waals surface area contributed by atoms with E-state index < -0.39 is 0 Å². The number of aromatic nitrogens is 2. The molecule has 88 valence electrons. The van der Waals surface area contributed by atoms with Crippen LogP contribution in [0.25, 0.3) is 0 Å². The summed E-state index contributed by atoms with van der Waals surface area (Å²) in [4.78, 5) is 8.36. The van der Waals surface area contributed by atoms with Crippen molar-refractivity contribution in [2.75, 3.05) is 0 Å². The van der Waals surface area contributed by atoms with E-state index in [2.05, 4.69) is 9.97 Å². The highest BCUT2D eigenvalue weighted by Crippen LogP contribution is 2.27. The Bertz CT molecular complexity index is 514. The molecule has 0 amide bonds. The van der Waals surface area contributed by atoms with Crippen LogP contribution >= 0.6 is 11.6 Å². The van der Waals surface area contributed by atoms with Gasteiger partial charge in [-0.3, -0.25) is 4.98 Å². The van der Waals surface area contributed by atoms with Crippen molar-refractivity contribution in [2.45, 2.75) is 19.7 Å². The van der Waals surface area contributed by atoms with E-state index in [1.54, 1.807) is 12.4 Å². The zero-order valence-corrected chi connectivity index (χ0v) is 10.5. The van der Waals surface area contributed by atoms with Gasteiger partial charge in [0.05, 0.1) is 12.1 Å². The molecule has 0 saturated heterocycles. The second kappa shape index (κ2) is 5.15. The fourth-order valence-electron chi connectivity index (χ4n) is 1.60. The maximum Gasteiger partial charge on any atom is 0.224 e. The summed E-state index contributed by atoms with van der Waals surface area (Å²) in [7, 11) is 0. The second-order valence-corrected chi connectivity index (χ2v) is 4.06. The lowest BCUT2D eigenvalue weighted by Crippen LogP contribution is -1.98. The van der Waals surface area contributed by atoms with Crippen LogP contribution in [-0.4, -0.2) is 9.97 Å². The molecule has 0 spiro atoms. The normalized spacial score (nSPS) is 10.3. The Labute approximate surface area is 105 Å². The number of hydrogen-bond donors (Lipinski definition) is 0. The Balaban J connectivity index is 2.38. The van der Waals surface area contributed by atoms with Crippen LogP contribution in [-0.2, 0) is 5.88 Å². The number of ether oxygens (including phenoxy) is 1. The molecule has 2 aromatic heterocycles. The first-order valence-corrected chi connectivity index (χ1v) is 5.85. The largest absolute Gasteiger partial charge is 0.437 e. The number of nitrogens with zero attached hydrogens (tertiary/aromatic N) is 2. The number of pyridine rings is 2. The van der Waals surface area contributed by atoms with Crippen molar-refractivity contribution in [3.05, 3.63) is 47.4 Å². The molecule has 0 aliphatic rings. The Morgan fingerprint density at radius 3 is 2.82 bits per heavy atom. The van der Waals surface area contributed by atoms with Gasteiger partial charge in [-0.25, -0.2) is 4.98 Å². The molecule has 0 atom stereocenters. The summed E-state index contributed by atoms with van der Waals surface area (Å²) in [5.41, 5.74) is 2.92. The van der Waals surface area contributed by atoms with Crippen LogP contribution < -0.4 is 4.74 Å². The van der Waals surface area contributed by atoms with E-state index >= 15 is 0 Å². The molecule has 4 heteroatoms. The lowest BCUT2D eigenvalue weighted by molar-refractivity contribution is 0.454. The van der Waals surface area contributed by atoms with E-state index in [0.717, 1.165) is 16.8 Å². The number of hydrogen-bond acceptors (Lipinski definition) is 3. The van der Waals surface area contributed by atoms with Crippen molar-refractivity contribution in [3.8, 4) is 11.6 Å². The van der Waals surface area contributed by atoms with Gasteiger partial charge in [-0.1, -0.05) is 0 Å². The van der Waals surface area contributed by atoms with Gasteiger partial charge in [0, 0.05) is 17.5 Å². The van der Waals surface area contributed by atoms with Crippen LogP contribution in [0.15, 0.2) is 30.6 Å². The third kappa shape index (κ3) is 2.74. The molecule has 0 N–H and O–H groups in total. The first kappa shape index (κ1) is 11.9. The smallest absolute Gasteiger partial charge is 0.224 e. The number of alkyl halides is 1. The van der Waals surface area contributed by atoms with Gasteiger partial charge >= 0.3 is 0 Å². The first-order valence-electron chi connectivity index (χ1n) is 5.31. The Hall–Kier alpha value is -1.61. The van der Waals surface area contributed by atoms with Gasteiger partial charge in [-0.2, -0.15) is 0 Å². The predicted octanol–water partition coefficient (Wildman–Crippen LogP) is 3.62. The Morgan fingerprint density at radius 1 is 1.35 bits per heavy atom. The summed E-state index contributed by atoms with van der Waals surface area (Å²) in [6.45, 7) is 3.93. The van der Waals surface area contributed by atoms with Crippen LogP contribution in [0, 0.1) is 13.8 Å². The maximum absolute atomic E-state index is 5.92. The Morgan fingerprint density at radius 2 is 2.18 bits per heavy atom. The molecule has 0 fully saturated rings. The van der Waals surface area contributed by atoms with E-state index in [1.165, 1.54) is 0 Å². The topological polar surface area (TPSA) is 35.0 Å². The molecule has 0 aromatic carbocycles. The number of aryl methyl sites for hydroxylation is 2. The van der Waals surface area contributed by atoms with Crippen molar-refractivity contribution < 1.29 is 4.74 Å². The average Bonchev–Trinajstić information content (AvgIpc) is 2.30. The highest BCUT2D eigenvalue weighted by Gasteiger charge is 2.10. The molecule has 2 heterocycles. The minimum Gasteiger partial charge on any atom is -0.437 e. The van der Waals surface area contributed by atoms with Crippen molar-refractivity contribution in [1.29, 1.82) is 0 Å². The van der Waals surface area contributed by atoms with Crippen LogP contribution in [0.1, 0.15) is 16.8 Å². The minimum atomic E-state index is 0.384. The molecule has 0 saturated carbocycles. The maximum atomic E-state index is 5.92. The van der Waals surface area contributed by atoms with Gasteiger partial charge in [-0.05, 0) is 37.6 Å². The molecule has 0 unspecified atom stereocenters. The second-order valence-electron chi connectivity index (χ2n) is 3.79. The molecular weight excluding hydrogens is 236 g/mol. The van der Waals surface area contributed by atoms with Gasteiger partial charge in [0.15, 0.2) is 0 Å². The van der Waals surface area contributed by atoms with Gasteiger partial charge in [-0.15, -0.1) is 11.6 Å². The summed E-state index contributed by atoms with van der Waals surface area (Å²) in [6.07, 6.45) is 3.35. The van der Waals surface area contributed by atoms with E-state index in [4.69, 9.17) is 16.3 Å². The van der Waals surface area contributed by atoms with Gasteiger partial charge in [0.25, 0.3) is 0 Å². The molecule has 17 heavy (non-hydrogen) atoms. The lowest BCUT2D eigenvalue weighted by Gasteiger charge is -2.11. The highest BCUT2D eigenvalue weighted by molar-refractivity contribution is 6.17. The summed E-state index contributed by atoms with van der Waals surface area (Å²) in [5.74, 6) is 1.61. The first-order chi connectivity index (χ1) is 8.20. The van der Waals surface area contributed by atoms with E-state index in [-0.39, 0.29) is 0 Å². The fraction of sp³-hybridized carbons (Fsp3) is 0.231. The molecule has 2 aromatic rings. The van der Waals surface area contributed by atoms with Crippen molar-refractivity contribution in [1.82, 2.24) is 9.97 Å². The SMILES string of the molecule is Cc1cc(C)c(CCl)c(Oc2cccnc2)n1. The van der Waals surface area contributed by atoms with Gasteiger partial charge in [0.1, 0.15) is 5.75 Å². The molecule has 3 nitrogen and oxygen atoms in total. The summed E-state index contributed by atoms with van der Waals surface area (Å²) < 4.78 is 5.70. The molecule has 0 aliphatic heterocycles. The summed E-state index contributed by atoms with van der Waals surface area (Å²) in [6, 6.07) is 5.65. The van der Waals surface area contributed by atoms with Crippen LogP contribution in [0.2, 0.25) is 0 Å². The zero-order valence-electron chi connectivity index (χ0n) is 9.77. The fourth-order valence-corrected chi connectivity index (χ4v) is 1.92. The molecular formula is C13H13ClN2O. The van der Waals surface area contributed by atoms with Gasteiger partial charge < -0.3 is 4.74 Å². The number of rotatable bonds is 3. The third-order valence-electron chi connectivity index (χ3n) is 2.42. The summed E-state index contributed by atoms with van der Waals surface area (Å²) >= 11 is 5.92. The molecule has 0 bridgehead atoms. The van der Waals surface area contributed by atoms with Crippen LogP contribution in [0.5, 0.6) is 11.6 Å². The van der Waals surface area contributed by atoms with Crippen LogP contribution in [0.4, 0.5) is 0 Å². The minimum absolute atomic E-state index is 0.384. The monoisotopic (exact) mass is 248 g/mol. The quantitative estimate of drug-likeness (QED) is 0.778. The van der Waals surface area contributed by atoms with Crippen molar-refractivity contribution >= 4 is 11.6 Å². The summed E-state index contributed by atoms with van der Waals surface area (Å²) in [5, 5.41) is 0. The van der Waals surface area contributed by atoms with E-state index in [0.29, 0.717) is 17.5 Å². The molecule has 2 rings (SSSR count). The third-order valence-corrected chi connectivity index (χ3v) is 2.69. The van der Waals surface area contributed by atoms with E-state index in [9.17, 15) is 0 Å². The lowest BCUT2D eigenvalue weighted by atomic mass is 10.1. The predicted molar refractivity (Wildman–Crippen MR) is 67.6 cm³/mol. The Kier molecular flexibility index (Phi) is 3.59. The standard InChI is InChI=1S/C13H13ClN2O/c1-9-6-10(2)16-13(12(9)7-14)17-11-4-3-5-15-8-11/h3-6,8H,7H2,1-2H3. The van der Waals surface area contributed by atoms with Crippen LogP contribution in [0.3, 0.4) is 0 Å². The van der Waals surface area contributed by atoms with Crippen molar-refractivity contribution in [3.63, 3.8) is 0 Å². The van der Waals surface area contributed by atoms with Gasteiger partial charge in [0.2, 0.25) is 5.88 Å². The average molecular weight is 249 g/mol. The zero-order chi connectivity index (χ0) is 12.3. The van der Waals surface area contributed by atoms with E-state index in [1.807, 2.05) is 32.0 Å². The number of halogens is 1. The molecule has 0 radical (unpaired) electrons. The molecule has 0 aliphatic carbocycles.